The van der Waals surface area contributed by atoms with Crippen molar-refractivity contribution in [2.24, 2.45) is 0 Å². The maximum absolute atomic E-state index is 7.91. The van der Waals surface area contributed by atoms with E-state index in [1.165, 1.54) is 11.1 Å². The van der Waals surface area contributed by atoms with Crippen molar-refractivity contribution in [1.82, 2.24) is 0 Å². The number of aryl methyl sites for hydroxylation is 1. The van der Waals surface area contributed by atoms with Crippen LogP contribution >= 0.6 is 15.9 Å². The van der Waals surface area contributed by atoms with E-state index in [2.05, 4.69) is 21.2 Å². The van der Waals surface area contributed by atoms with Crippen LogP contribution in [-0.2, 0) is 13.0 Å². The minimum Gasteiger partial charge on any atom is -0.698 e. The van der Waals surface area contributed by atoms with Gasteiger partial charge in [-0.1, -0.05) is 32.6 Å². The first-order valence-electron chi connectivity index (χ1n) is 4.36. The van der Waals surface area contributed by atoms with E-state index in [-0.39, 0.29) is 88.1 Å². The Morgan fingerprint density at radius 2 is 2.00 bits per heavy atom. The van der Waals surface area contributed by atoms with Crippen LogP contribution in [0.25, 0.3) is 11.1 Å². The Kier molecular flexibility index (Phi) is 8.91. The SMILES string of the molecule is Cc1cc(Br)c2c(c1[NH-])CC[N-]C2.[Ac].[Ac]. The van der Waals surface area contributed by atoms with E-state index in [1.54, 1.807) is 0 Å². The Hall–Kier alpha value is 2.34. The number of benzene rings is 1. The molecular weight excluding hydrogens is 682 g/mol. The number of hydrogen-bond donors (Lipinski definition) is 0. The molecule has 5 heteroatoms. The Bertz CT molecular complexity index is 356. The summed E-state index contributed by atoms with van der Waals surface area (Å²) in [5, 5.41) is 4.34. The summed E-state index contributed by atoms with van der Waals surface area (Å²) in [6.45, 7) is 3.62. The largest absolute Gasteiger partial charge is 0.698 e. The monoisotopic (exact) mass is 692 g/mol. The van der Waals surface area contributed by atoms with E-state index < -0.39 is 0 Å². The third-order valence-electron chi connectivity index (χ3n) is 2.48. The molecule has 1 aliphatic heterocycles. The van der Waals surface area contributed by atoms with Crippen molar-refractivity contribution in [2.45, 2.75) is 19.9 Å². The van der Waals surface area contributed by atoms with Gasteiger partial charge in [0.15, 0.2) is 0 Å². The van der Waals surface area contributed by atoms with E-state index in [9.17, 15) is 0 Å². The normalized spacial score (nSPS) is 13.5. The van der Waals surface area contributed by atoms with Gasteiger partial charge in [0.25, 0.3) is 0 Å². The smallest absolute Gasteiger partial charge is 0.0194 e. The molecule has 1 heterocycles. The van der Waals surface area contributed by atoms with Crippen molar-refractivity contribution >= 4 is 21.6 Å². The second-order valence-electron chi connectivity index (χ2n) is 3.36. The molecule has 2 nitrogen and oxygen atoms in total. The fourth-order valence-electron chi connectivity index (χ4n) is 1.71. The summed E-state index contributed by atoms with van der Waals surface area (Å²) in [5.41, 5.74) is 12.1. The quantitative estimate of drug-likeness (QED) is 0.397. The number of hydrogen-bond acceptors (Lipinski definition) is 0. The molecule has 0 fully saturated rings. The summed E-state index contributed by atoms with van der Waals surface area (Å²) in [4.78, 5) is 0. The molecule has 1 aromatic carbocycles. The molecule has 0 saturated carbocycles. The minimum atomic E-state index is 0. The first kappa shape index (κ1) is 17.3. The van der Waals surface area contributed by atoms with Crippen LogP contribution in [0.3, 0.4) is 0 Å². The fourth-order valence-corrected chi connectivity index (χ4v) is 2.42. The molecule has 2 rings (SSSR count). The molecule has 0 aromatic heterocycles. The molecule has 76 valence electrons. The zero-order valence-corrected chi connectivity index (χ0v) is 19.8. The van der Waals surface area contributed by atoms with Crippen molar-refractivity contribution in [1.29, 1.82) is 0 Å². The average molecular weight is 693 g/mol. The van der Waals surface area contributed by atoms with E-state index in [4.69, 9.17) is 5.73 Å². The molecule has 0 unspecified atom stereocenters. The molecule has 1 N–H and O–H groups in total. The Balaban J connectivity index is 0.000000980. The molecule has 0 saturated heterocycles. The molecule has 2 radical (unpaired) electrons. The van der Waals surface area contributed by atoms with Crippen LogP contribution in [-0.4, -0.2) is 6.54 Å². The molecule has 1 aromatic rings. The van der Waals surface area contributed by atoms with Gasteiger partial charge in [0.1, 0.15) is 0 Å². The molecular formula is C10H11Ac2BrN2-2. The van der Waals surface area contributed by atoms with Gasteiger partial charge in [-0.15, -0.1) is 18.8 Å². The van der Waals surface area contributed by atoms with Gasteiger partial charge < -0.3 is 11.1 Å². The Labute approximate surface area is 171 Å². The second kappa shape index (κ2) is 7.71. The number of nitrogens with zero attached hydrogens (tertiary/aromatic N) is 1. The van der Waals surface area contributed by atoms with E-state index in [0.29, 0.717) is 5.69 Å². The zero-order valence-electron chi connectivity index (χ0n) is 8.68. The third kappa shape index (κ3) is 3.90. The standard InChI is InChI=1S/C10H11BrN2.2Ac/c1-6-4-9(11)8-5-13-3-2-7(8)10(6)12;;/h4,12H,2-3,5H2,1H3;;/q-2;;. The van der Waals surface area contributed by atoms with E-state index >= 15 is 0 Å². The molecule has 15 heavy (non-hydrogen) atoms. The van der Waals surface area contributed by atoms with Crippen molar-refractivity contribution in [2.75, 3.05) is 6.54 Å². The third-order valence-corrected chi connectivity index (χ3v) is 3.19. The maximum atomic E-state index is 7.91. The number of nitrogens with one attached hydrogen (secondary N) is 1. The zero-order chi connectivity index (χ0) is 9.42. The summed E-state index contributed by atoms with van der Waals surface area (Å²) < 4.78 is 1.11. The van der Waals surface area contributed by atoms with Crippen LogP contribution < -0.4 is 0 Å². The van der Waals surface area contributed by atoms with Crippen LogP contribution in [0.15, 0.2) is 10.5 Å². The molecule has 1 aliphatic rings. The summed E-state index contributed by atoms with van der Waals surface area (Å²) in [7, 11) is 0. The number of fused-ring (bicyclic) bond motifs is 1. The fraction of sp³-hybridized carbons (Fsp3) is 0.400. The van der Waals surface area contributed by atoms with Gasteiger partial charge in [-0.05, 0) is 19.4 Å². The van der Waals surface area contributed by atoms with Gasteiger partial charge >= 0.3 is 0 Å². The van der Waals surface area contributed by atoms with Gasteiger partial charge in [-0.3, -0.25) is 0 Å². The first-order chi connectivity index (χ1) is 6.20. The van der Waals surface area contributed by atoms with Gasteiger partial charge in [0.2, 0.25) is 0 Å². The van der Waals surface area contributed by atoms with E-state index in [1.807, 2.05) is 13.0 Å². The Morgan fingerprint density at radius 1 is 1.33 bits per heavy atom. The van der Waals surface area contributed by atoms with Gasteiger partial charge in [0.05, 0.1) is 0 Å². The van der Waals surface area contributed by atoms with Crippen molar-refractivity contribution in [3.8, 4) is 0 Å². The predicted molar refractivity (Wildman–Crippen MR) is 58.5 cm³/mol. The van der Waals surface area contributed by atoms with Gasteiger partial charge in [-0.2, -0.15) is 0 Å². The summed E-state index contributed by atoms with van der Waals surface area (Å²) in [6.07, 6.45) is 0.925. The molecule has 0 spiro atoms. The van der Waals surface area contributed by atoms with Crippen LogP contribution in [0.1, 0.15) is 16.7 Å². The number of halogens is 1. The minimum absolute atomic E-state index is 0. The van der Waals surface area contributed by atoms with Gasteiger partial charge in [-0.25, -0.2) is 0 Å². The van der Waals surface area contributed by atoms with Crippen LogP contribution in [0.2, 0.25) is 0 Å². The summed E-state index contributed by atoms with van der Waals surface area (Å²) in [5.74, 6) is 0. The second-order valence-corrected chi connectivity index (χ2v) is 4.22. The van der Waals surface area contributed by atoms with Crippen molar-refractivity contribution < 1.29 is 88.1 Å². The summed E-state index contributed by atoms with van der Waals surface area (Å²) >= 11 is 3.52. The maximum Gasteiger partial charge on any atom is 0.0194 e. The Morgan fingerprint density at radius 3 is 2.67 bits per heavy atom. The summed E-state index contributed by atoms with van der Waals surface area (Å²) in [6, 6.07) is 2.02. The van der Waals surface area contributed by atoms with Crippen LogP contribution in [0.4, 0.5) is 5.69 Å². The first-order valence-corrected chi connectivity index (χ1v) is 5.15. The topological polar surface area (TPSA) is 37.9 Å². The molecule has 0 atom stereocenters. The average Bonchev–Trinajstić information content (AvgIpc) is 2.15. The predicted octanol–water partition coefficient (Wildman–Crippen LogP) is 3.87. The van der Waals surface area contributed by atoms with Crippen molar-refractivity contribution in [3.05, 3.63) is 38.3 Å². The van der Waals surface area contributed by atoms with Crippen molar-refractivity contribution in [3.63, 3.8) is 0 Å². The number of rotatable bonds is 0. The van der Waals surface area contributed by atoms with Crippen LogP contribution in [0, 0.1) is 95.0 Å². The molecule has 0 bridgehead atoms. The van der Waals surface area contributed by atoms with Gasteiger partial charge in [0, 0.05) is 92.6 Å². The van der Waals surface area contributed by atoms with E-state index in [0.717, 1.165) is 29.5 Å². The van der Waals surface area contributed by atoms with Crippen LogP contribution in [0.5, 0.6) is 0 Å². The molecule has 0 aliphatic carbocycles. The molecule has 0 amide bonds.